The molecule has 0 aromatic carbocycles. The summed E-state index contributed by atoms with van der Waals surface area (Å²) in [6, 6.07) is 0. The summed E-state index contributed by atoms with van der Waals surface area (Å²) in [5.41, 5.74) is 0. The van der Waals surface area contributed by atoms with Gasteiger partial charge in [0.15, 0.2) is 0 Å². The molecule has 0 heterocycles. The molecule has 0 spiro atoms. The van der Waals surface area contributed by atoms with Crippen molar-refractivity contribution in [2.45, 2.75) is 245 Å². The normalized spacial score (nSPS) is 12.0. The Morgan fingerprint density at radius 2 is 0.705 bits per heavy atom. The molecule has 0 aliphatic heterocycles. The van der Waals surface area contributed by atoms with E-state index >= 15 is 0 Å². The van der Waals surface area contributed by atoms with Gasteiger partial charge in [0, 0.05) is 12.8 Å². The zero-order valence-corrected chi connectivity index (χ0v) is 30.0. The zero-order chi connectivity index (χ0) is 32.2. The molecular weight excluding hydrogens is 544 g/mol. The van der Waals surface area contributed by atoms with Crippen molar-refractivity contribution in [3.05, 3.63) is 0 Å². The predicted molar refractivity (Wildman–Crippen MR) is 190 cm³/mol. The van der Waals surface area contributed by atoms with Crippen LogP contribution in [0.4, 0.5) is 0 Å². The van der Waals surface area contributed by atoms with Crippen molar-refractivity contribution in [3.8, 4) is 0 Å². The number of rotatable bonds is 37. The molecule has 0 saturated carbocycles. The van der Waals surface area contributed by atoms with Crippen LogP contribution in [0.15, 0.2) is 0 Å². The number of ether oxygens (including phenoxy) is 1. The zero-order valence-electron chi connectivity index (χ0n) is 30.0. The van der Waals surface area contributed by atoms with Crippen LogP contribution in [0.1, 0.15) is 239 Å². The van der Waals surface area contributed by atoms with Crippen molar-refractivity contribution < 1.29 is 19.4 Å². The van der Waals surface area contributed by atoms with Gasteiger partial charge in [-0.1, -0.05) is 200 Å². The summed E-state index contributed by atoms with van der Waals surface area (Å²) in [6.45, 7) is 4.55. The molecule has 0 fully saturated rings. The van der Waals surface area contributed by atoms with Gasteiger partial charge in [-0.05, 0) is 25.7 Å². The van der Waals surface area contributed by atoms with Crippen LogP contribution in [0.25, 0.3) is 0 Å². The standard InChI is InChI=1S/C40H78O4/c1-3-5-7-9-11-13-15-17-18-19-20-21-23-24-26-28-30-32-34-38(36-37-39(41)42)44-40(43)35-33-31-29-27-25-22-16-14-12-10-8-6-4-2/h38H,3-37H2,1-2H3,(H,41,42). The monoisotopic (exact) mass is 623 g/mol. The molecule has 4 heteroatoms. The predicted octanol–water partition coefficient (Wildman–Crippen LogP) is 13.7. The summed E-state index contributed by atoms with van der Waals surface area (Å²) in [5.74, 6) is -0.939. The topological polar surface area (TPSA) is 63.6 Å². The molecule has 0 aromatic rings. The minimum absolute atomic E-state index is 0.0791. The lowest BCUT2D eigenvalue weighted by Crippen LogP contribution is -2.19. The summed E-state index contributed by atoms with van der Waals surface area (Å²) in [6.07, 6.45) is 42.7. The SMILES string of the molecule is CCCCCCCCCCCCCCCCCCCCC(CCC(=O)O)OC(=O)CCCCCCCCCCCCCCC. The van der Waals surface area contributed by atoms with Gasteiger partial charge >= 0.3 is 11.9 Å². The van der Waals surface area contributed by atoms with Gasteiger partial charge in [0.25, 0.3) is 0 Å². The van der Waals surface area contributed by atoms with Gasteiger partial charge in [-0.25, -0.2) is 0 Å². The van der Waals surface area contributed by atoms with E-state index in [-0.39, 0.29) is 18.5 Å². The van der Waals surface area contributed by atoms with Gasteiger partial charge in [-0.15, -0.1) is 0 Å². The highest BCUT2D eigenvalue weighted by atomic mass is 16.5. The molecule has 1 N–H and O–H groups in total. The lowest BCUT2D eigenvalue weighted by Gasteiger charge is -2.17. The lowest BCUT2D eigenvalue weighted by atomic mass is 10.0. The number of hydrogen-bond acceptors (Lipinski definition) is 3. The van der Waals surface area contributed by atoms with Crippen LogP contribution in [0.5, 0.6) is 0 Å². The number of carboxylic acids is 1. The Morgan fingerprint density at radius 1 is 0.409 bits per heavy atom. The first-order valence-electron chi connectivity index (χ1n) is 20.0. The molecule has 1 unspecified atom stereocenters. The Hall–Kier alpha value is -1.06. The second-order valence-electron chi connectivity index (χ2n) is 13.8. The van der Waals surface area contributed by atoms with E-state index in [9.17, 15) is 9.59 Å². The van der Waals surface area contributed by atoms with E-state index in [1.165, 1.54) is 173 Å². The molecular formula is C40H78O4. The molecule has 0 radical (unpaired) electrons. The van der Waals surface area contributed by atoms with Crippen molar-refractivity contribution in [2.75, 3.05) is 0 Å². The minimum Gasteiger partial charge on any atom is -0.481 e. The summed E-state index contributed by atoms with van der Waals surface area (Å²) >= 11 is 0. The van der Waals surface area contributed by atoms with Crippen LogP contribution in [0.2, 0.25) is 0 Å². The Morgan fingerprint density at radius 3 is 1.02 bits per heavy atom. The molecule has 4 nitrogen and oxygen atoms in total. The fourth-order valence-electron chi connectivity index (χ4n) is 6.35. The fraction of sp³-hybridized carbons (Fsp3) is 0.950. The van der Waals surface area contributed by atoms with Crippen LogP contribution >= 0.6 is 0 Å². The van der Waals surface area contributed by atoms with Crippen LogP contribution < -0.4 is 0 Å². The summed E-state index contributed by atoms with van der Waals surface area (Å²) in [7, 11) is 0. The molecule has 0 rings (SSSR count). The Labute approximate surface area is 275 Å². The second-order valence-corrected chi connectivity index (χ2v) is 13.8. The highest BCUT2D eigenvalue weighted by Crippen LogP contribution is 2.18. The number of aliphatic carboxylic acids is 1. The third kappa shape index (κ3) is 35.4. The maximum absolute atomic E-state index is 12.4. The van der Waals surface area contributed by atoms with Crippen LogP contribution in [-0.2, 0) is 14.3 Å². The third-order valence-electron chi connectivity index (χ3n) is 9.34. The van der Waals surface area contributed by atoms with Gasteiger partial charge in [0.2, 0.25) is 0 Å². The van der Waals surface area contributed by atoms with E-state index in [1.807, 2.05) is 0 Å². The molecule has 0 aliphatic carbocycles. The lowest BCUT2D eigenvalue weighted by molar-refractivity contribution is -0.151. The maximum Gasteiger partial charge on any atom is 0.306 e. The van der Waals surface area contributed by atoms with E-state index in [0.717, 1.165) is 32.1 Å². The largest absolute Gasteiger partial charge is 0.481 e. The van der Waals surface area contributed by atoms with E-state index < -0.39 is 5.97 Å². The highest BCUT2D eigenvalue weighted by molar-refractivity contribution is 5.69. The molecule has 0 aromatic heterocycles. The first kappa shape index (κ1) is 42.9. The van der Waals surface area contributed by atoms with E-state index in [4.69, 9.17) is 9.84 Å². The van der Waals surface area contributed by atoms with Crippen LogP contribution in [0.3, 0.4) is 0 Å². The van der Waals surface area contributed by atoms with E-state index in [0.29, 0.717) is 12.8 Å². The number of unbranched alkanes of at least 4 members (excludes halogenated alkanes) is 29. The van der Waals surface area contributed by atoms with Crippen molar-refractivity contribution in [2.24, 2.45) is 0 Å². The van der Waals surface area contributed by atoms with Crippen LogP contribution in [-0.4, -0.2) is 23.1 Å². The smallest absolute Gasteiger partial charge is 0.306 e. The van der Waals surface area contributed by atoms with Gasteiger partial charge in [0.05, 0.1) is 0 Å². The van der Waals surface area contributed by atoms with E-state index in [1.54, 1.807) is 0 Å². The molecule has 0 bridgehead atoms. The quantitative estimate of drug-likeness (QED) is 0.0553. The number of esters is 1. The van der Waals surface area contributed by atoms with E-state index in [2.05, 4.69) is 13.8 Å². The van der Waals surface area contributed by atoms with Crippen molar-refractivity contribution in [1.29, 1.82) is 0 Å². The van der Waals surface area contributed by atoms with Crippen molar-refractivity contribution in [1.82, 2.24) is 0 Å². The minimum atomic E-state index is -0.805. The average Bonchev–Trinajstić information content (AvgIpc) is 3.01. The molecule has 0 aliphatic rings. The molecule has 262 valence electrons. The first-order chi connectivity index (χ1) is 21.6. The number of carbonyl (C=O) groups is 2. The number of hydrogen-bond donors (Lipinski definition) is 1. The Balaban J connectivity index is 3.67. The maximum atomic E-state index is 12.4. The Bertz CT molecular complexity index is 590. The van der Waals surface area contributed by atoms with Gasteiger partial charge < -0.3 is 9.84 Å². The van der Waals surface area contributed by atoms with Gasteiger partial charge in [-0.3, -0.25) is 9.59 Å². The number of carbonyl (C=O) groups excluding carboxylic acids is 1. The Kier molecular flexibility index (Phi) is 35.5. The number of carboxylic acid groups (broad SMARTS) is 1. The second kappa shape index (κ2) is 36.4. The average molecular weight is 623 g/mol. The fourth-order valence-corrected chi connectivity index (χ4v) is 6.35. The van der Waals surface area contributed by atoms with Gasteiger partial charge in [-0.2, -0.15) is 0 Å². The highest BCUT2D eigenvalue weighted by Gasteiger charge is 2.16. The van der Waals surface area contributed by atoms with Crippen LogP contribution in [0, 0.1) is 0 Å². The summed E-state index contributed by atoms with van der Waals surface area (Å²) < 4.78 is 5.74. The van der Waals surface area contributed by atoms with Gasteiger partial charge in [0.1, 0.15) is 6.10 Å². The van der Waals surface area contributed by atoms with Crippen molar-refractivity contribution >= 4 is 11.9 Å². The molecule has 0 amide bonds. The molecule has 1 atom stereocenters. The van der Waals surface area contributed by atoms with Crippen molar-refractivity contribution in [3.63, 3.8) is 0 Å². The summed E-state index contributed by atoms with van der Waals surface area (Å²) in [4.78, 5) is 23.5. The third-order valence-corrected chi connectivity index (χ3v) is 9.34. The summed E-state index contributed by atoms with van der Waals surface area (Å²) in [5, 5.41) is 9.12. The molecule has 44 heavy (non-hydrogen) atoms. The first-order valence-corrected chi connectivity index (χ1v) is 20.0. The molecule has 0 saturated heterocycles.